The van der Waals surface area contributed by atoms with Gasteiger partial charge in [0, 0.05) is 31.2 Å². The average Bonchev–Trinajstić information content (AvgIpc) is 2.95. The summed E-state index contributed by atoms with van der Waals surface area (Å²) < 4.78 is 24.7. The molecule has 0 aliphatic carbocycles. The number of aryl methyl sites for hydroxylation is 1. The standard InChI is InChI=1S/C13H15F2N5O/c1-8-7-16-3-2-9(8)17-4-5-18-13(21)11-6-10(12(14)15)19-20-11/h2-3,6-7,12H,4-5H2,1H3,(H,16,17)(H,18,21)(H,19,20). The molecule has 0 aromatic carbocycles. The van der Waals surface area contributed by atoms with Crippen LogP contribution >= 0.6 is 0 Å². The van der Waals surface area contributed by atoms with Gasteiger partial charge in [-0.05, 0) is 24.6 Å². The second kappa shape index (κ2) is 6.78. The van der Waals surface area contributed by atoms with Crippen LogP contribution in [0.4, 0.5) is 14.5 Å². The molecule has 8 heteroatoms. The van der Waals surface area contributed by atoms with Crippen LogP contribution in [0.25, 0.3) is 0 Å². The van der Waals surface area contributed by atoms with Gasteiger partial charge in [0.15, 0.2) is 0 Å². The molecular weight excluding hydrogens is 280 g/mol. The largest absolute Gasteiger partial charge is 0.383 e. The number of pyridine rings is 1. The maximum atomic E-state index is 12.4. The molecule has 2 rings (SSSR count). The third-order valence-electron chi connectivity index (χ3n) is 2.81. The minimum Gasteiger partial charge on any atom is -0.383 e. The van der Waals surface area contributed by atoms with Gasteiger partial charge in [-0.2, -0.15) is 5.10 Å². The van der Waals surface area contributed by atoms with E-state index in [0.29, 0.717) is 13.1 Å². The Balaban J connectivity index is 1.78. The van der Waals surface area contributed by atoms with Crippen LogP contribution in [0, 0.1) is 6.92 Å². The number of H-pyrrole nitrogens is 1. The van der Waals surface area contributed by atoms with E-state index in [9.17, 15) is 13.6 Å². The number of anilines is 1. The molecule has 0 atom stereocenters. The average molecular weight is 295 g/mol. The van der Waals surface area contributed by atoms with Crippen molar-refractivity contribution in [2.45, 2.75) is 13.3 Å². The fourth-order valence-corrected chi connectivity index (χ4v) is 1.70. The molecule has 6 nitrogen and oxygen atoms in total. The lowest BCUT2D eigenvalue weighted by Crippen LogP contribution is -2.29. The third-order valence-corrected chi connectivity index (χ3v) is 2.81. The van der Waals surface area contributed by atoms with Crippen LogP contribution in [0.15, 0.2) is 24.5 Å². The number of hydrogen-bond donors (Lipinski definition) is 3. The Morgan fingerprint density at radius 1 is 1.43 bits per heavy atom. The fraction of sp³-hybridized carbons (Fsp3) is 0.308. The van der Waals surface area contributed by atoms with Gasteiger partial charge < -0.3 is 10.6 Å². The predicted octanol–water partition coefficient (Wildman–Crippen LogP) is 1.89. The molecular formula is C13H15F2N5O. The van der Waals surface area contributed by atoms with E-state index in [2.05, 4.69) is 25.8 Å². The molecule has 2 aromatic heterocycles. The molecule has 0 saturated heterocycles. The molecule has 0 aliphatic rings. The molecule has 112 valence electrons. The number of nitrogens with zero attached hydrogens (tertiary/aromatic N) is 2. The number of amides is 1. The molecule has 0 radical (unpaired) electrons. The number of hydrogen-bond acceptors (Lipinski definition) is 4. The van der Waals surface area contributed by atoms with Crippen LogP contribution in [-0.2, 0) is 0 Å². The van der Waals surface area contributed by atoms with E-state index in [0.717, 1.165) is 17.3 Å². The van der Waals surface area contributed by atoms with Crippen molar-refractivity contribution >= 4 is 11.6 Å². The fourth-order valence-electron chi connectivity index (χ4n) is 1.70. The second-order valence-corrected chi connectivity index (χ2v) is 4.38. The number of carbonyl (C=O) groups is 1. The Hall–Kier alpha value is -2.51. The summed E-state index contributed by atoms with van der Waals surface area (Å²) >= 11 is 0. The Labute approximate surface area is 120 Å². The Bertz CT molecular complexity index is 614. The quantitative estimate of drug-likeness (QED) is 0.711. The summed E-state index contributed by atoms with van der Waals surface area (Å²) in [6.07, 6.45) is 0.732. The molecule has 0 aliphatic heterocycles. The highest BCUT2D eigenvalue weighted by molar-refractivity contribution is 5.92. The SMILES string of the molecule is Cc1cnccc1NCCNC(=O)c1cc(C(F)F)[nH]n1. The number of alkyl halides is 2. The highest BCUT2D eigenvalue weighted by Crippen LogP contribution is 2.16. The van der Waals surface area contributed by atoms with Crippen LogP contribution in [-0.4, -0.2) is 34.2 Å². The summed E-state index contributed by atoms with van der Waals surface area (Å²) in [5.41, 5.74) is 1.51. The van der Waals surface area contributed by atoms with E-state index in [1.54, 1.807) is 12.4 Å². The van der Waals surface area contributed by atoms with Gasteiger partial charge in [0.05, 0.1) is 0 Å². The van der Waals surface area contributed by atoms with Crippen molar-refractivity contribution in [1.29, 1.82) is 0 Å². The van der Waals surface area contributed by atoms with E-state index in [1.165, 1.54) is 0 Å². The van der Waals surface area contributed by atoms with Crippen LogP contribution in [0.1, 0.15) is 28.2 Å². The van der Waals surface area contributed by atoms with E-state index in [1.807, 2.05) is 13.0 Å². The van der Waals surface area contributed by atoms with Crippen molar-refractivity contribution in [3.63, 3.8) is 0 Å². The highest BCUT2D eigenvalue weighted by Gasteiger charge is 2.15. The van der Waals surface area contributed by atoms with Gasteiger partial charge in [-0.25, -0.2) is 8.78 Å². The van der Waals surface area contributed by atoms with E-state index < -0.39 is 12.3 Å². The lowest BCUT2D eigenvalue weighted by Gasteiger charge is -2.09. The van der Waals surface area contributed by atoms with Crippen molar-refractivity contribution < 1.29 is 13.6 Å². The zero-order valence-electron chi connectivity index (χ0n) is 11.4. The van der Waals surface area contributed by atoms with Crippen molar-refractivity contribution in [2.75, 3.05) is 18.4 Å². The van der Waals surface area contributed by atoms with Gasteiger partial charge in [0.1, 0.15) is 11.4 Å². The first-order chi connectivity index (χ1) is 10.1. The number of nitrogens with one attached hydrogen (secondary N) is 3. The summed E-state index contributed by atoms with van der Waals surface area (Å²) in [4.78, 5) is 15.7. The maximum absolute atomic E-state index is 12.4. The van der Waals surface area contributed by atoms with Gasteiger partial charge in [0.25, 0.3) is 12.3 Å². The first-order valence-electron chi connectivity index (χ1n) is 6.34. The Morgan fingerprint density at radius 2 is 2.24 bits per heavy atom. The molecule has 0 saturated carbocycles. The van der Waals surface area contributed by atoms with Gasteiger partial charge >= 0.3 is 0 Å². The number of halogens is 2. The smallest absolute Gasteiger partial charge is 0.279 e. The third kappa shape index (κ3) is 3.98. The Kier molecular flexibility index (Phi) is 4.81. The first-order valence-corrected chi connectivity index (χ1v) is 6.34. The Morgan fingerprint density at radius 3 is 2.90 bits per heavy atom. The van der Waals surface area contributed by atoms with Crippen LogP contribution < -0.4 is 10.6 Å². The molecule has 0 spiro atoms. The normalized spacial score (nSPS) is 10.7. The highest BCUT2D eigenvalue weighted by atomic mass is 19.3. The number of rotatable bonds is 6. The van der Waals surface area contributed by atoms with Gasteiger partial charge in [-0.3, -0.25) is 14.9 Å². The predicted molar refractivity (Wildman–Crippen MR) is 73.3 cm³/mol. The van der Waals surface area contributed by atoms with E-state index >= 15 is 0 Å². The van der Waals surface area contributed by atoms with Gasteiger partial charge in [0.2, 0.25) is 0 Å². The lowest BCUT2D eigenvalue weighted by atomic mass is 10.2. The zero-order valence-corrected chi connectivity index (χ0v) is 11.4. The zero-order chi connectivity index (χ0) is 15.2. The summed E-state index contributed by atoms with van der Waals surface area (Å²) in [6, 6.07) is 2.88. The molecule has 0 fully saturated rings. The van der Waals surface area contributed by atoms with Crippen molar-refractivity contribution in [3.05, 3.63) is 41.5 Å². The topological polar surface area (TPSA) is 82.7 Å². The van der Waals surface area contributed by atoms with Crippen molar-refractivity contribution in [3.8, 4) is 0 Å². The monoisotopic (exact) mass is 295 g/mol. The molecule has 0 unspecified atom stereocenters. The maximum Gasteiger partial charge on any atom is 0.279 e. The minimum absolute atomic E-state index is 0.0506. The minimum atomic E-state index is -2.67. The van der Waals surface area contributed by atoms with Gasteiger partial charge in [-0.15, -0.1) is 0 Å². The van der Waals surface area contributed by atoms with Gasteiger partial charge in [-0.1, -0.05) is 0 Å². The molecule has 1 amide bonds. The van der Waals surface area contributed by atoms with E-state index in [-0.39, 0.29) is 11.4 Å². The molecule has 21 heavy (non-hydrogen) atoms. The summed E-state index contributed by atoms with van der Waals surface area (Å²) in [5.74, 6) is -0.494. The van der Waals surface area contributed by atoms with Crippen LogP contribution in [0.5, 0.6) is 0 Å². The molecule has 2 heterocycles. The first kappa shape index (κ1) is 14.9. The molecule has 3 N–H and O–H groups in total. The summed E-state index contributed by atoms with van der Waals surface area (Å²) in [6.45, 7) is 2.77. The van der Waals surface area contributed by atoms with Crippen LogP contribution in [0.2, 0.25) is 0 Å². The van der Waals surface area contributed by atoms with E-state index in [4.69, 9.17) is 0 Å². The molecule has 0 bridgehead atoms. The number of aromatic amines is 1. The number of aromatic nitrogens is 3. The lowest BCUT2D eigenvalue weighted by molar-refractivity contribution is 0.0950. The van der Waals surface area contributed by atoms with Crippen LogP contribution in [0.3, 0.4) is 0 Å². The number of carbonyl (C=O) groups excluding carboxylic acids is 1. The molecule has 2 aromatic rings. The summed E-state index contributed by atoms with van der Waals surface area (Å²) in [5, 5.41) is 11.4. The second-order valence-electron chi connectivity index (χ2n) is 4.38. The summed E-state index contributed by atoms with van der Waals surface area (Å²) in [7, 11) is 0. The van der Waals surface area contributed by atoms with Crippen molar-refractivity contribution in [1.82, 2.24) is 20.5 Å². The van der Waals surface area contributed by atoms with Crippen molar-refractivity contribution in [2.24, 2.45) is 0 Å².